The fourth-order valence-corrected chi connectivity index (χ4v) is 3.65. The first-order chi connectivity index (χ1) is 9.97. The SMILES string of the molecule is CC(=O)C1=Cc2cc(SC(F)(F)F)ccc2SC1C(F)(F)F. The van der Waals surface area contributed by atoms with Gasteiger partial charge in [0.1, 0.15) is 5.25 Å². The van der Waals surface area contributed by atoms with Crippen LogP contribution in [0.1, 0.15) is 12.5 Å². The first-order valence-electron chi connectivity index (χ1n) is 5.83. The van der Waals surface area contributed by atoms with E-state index < -0.39 is 28.3 Å². The van der Waals surface area contributed by atoms with Gasteiger partial charge in [-0.25, -0.2) is 0 Å². The molecule has 1 aromatic carbocycles. The van der Waals surface area contributed by atoms with Gasteiger partial charge in [0.2, 0.25) is 0 Å². The van der Waals surface area contributed by atoms with Crippen molar-refractivity contribution in [3.05, 3.63) is 29.3 Å². The predicted molar refractivity (Wildman–Crippen MR) is 72.7 cm³/mol. The van der Waals surface area contributed by atoms with Gasteiger partial charge in [-0.1, -0.05) is 0 Å². The summed E-state index contributed by atoms with van der Waals surface area (Å²) in [5.74, 6) is -0.755. The minimum atomic E-state index is -4.61. The van der Waals surface area contributed by atoms with Crippen LogP contribution in [0.3, 0.4) is 0 Å². The van der Waals surface area contributed by atoms with Gasteiger partial charge in [0, 0.05) is 15.4 Å². The lowest BCUT2D eigenvalue weighted by Crippen LogP contribution is -2.31. The Balaban J connectivity index is 2.43. The highest BCUT2D eigenvalue weighted by Crippen LogP contribution is 2.47. The summed E-state index contributed by atoms with van der Waals surface area (Å²) in [6.07, 6.45) is -3.59. The molecule has 120 valence electrons. The fourth-order valence-electron chi connectivity index (χ4n) is 1.91. The van der Waals surface area contributed by atoms with E-state index in [0.717, 1.165) is 25.1 Å². The standard InChI is InChI=1S/C13H8F6OS2/c1-6(20)9-5-7-4-8(22-13(17,18)19)2-3-10(7)21-11(9)12(14,15)16/h2-5,11H,1H3. The van der Waals surface area contributed by atoms with E-state index in [1.807, 2.05) is 0 Å². The number of thioether (sulfide) groups is 2. The quantitative estimate of drug-likeness (QED) is 0.527. The van der Waals surface area contributed by atoms with E-state index >= 15 is 0 Å². The lowest BCUT2D eigenvalue weighted by Gasteiger charge is -2.26. The molecule has 0 saturated carbocycles. The van der Waals surface area contributed by atoms with Crippen LogP contribution in [0.2, 0.25) is 0 Å². The number of ketones is 1. The minimum Gasteiger partial charge on any atom is -0.295 e. The summed E-state index contributed by atoms with van der Waals surface area (Å²) in [7, 11) is 0. The van der Waals surface area contributed by atoms with E-state index in [2.05, 4.69) is 0 Å². The second-order valence-corrected chi connectivity index (χ2v) is 6.73. The van der Waals surface area contributed by atoms with Gasteiger partial charge in [-0.3, -0.25) is 4.79 Å². The molecule has 1 heterocycles. The lowest BCUT2D eigenvalue weighted by atomic mass is 10.0. The molecule has 0 saturated heterocycles. The number of Topliss-reactive ketones (excluding diaryl/α,β-unsaturated/α-hetero) is 1. The molecule has 1 aliphatic rings. The highest BCUT2D eigenvalue weighted by Gasteiger charge is 2.46. The zero-order valence-corrected chi connectivity index (χ0v) is 12.5. The van der Waals surface area contributed by atoms with Crippen molar-refractivity contribution in [1.29, 1.82) is 0 Å². The summed E-state index contributed by atoms with van der Waals surface area (Å²) < 4.78 is 76.0. The van der Waals surface area contributed by atoms with Crippen molar-refractivity contribution in [2.75, 3.05) is 0 Å². The zero-order valence-electron chi connectivity index (χ0n) is 10.9. The Labute approximate surface area is 130 Å². The van der Waals surface area contributed by atoms with Crippen molar-refractivity contribution < 1.29 is 31.1 Å². The normalized spacial score (nSPS) is 18.7. The van der Waals surface area contributed by atoms with Crippen LogP contribution in [0.15, 0.2) is 33.6 Å². The van der Waals surface area contributed by atoms with Gasteiger partial charge in [0.05, 0.1) is 0 Å². The van der Waals surface area contributed by atoms with Gasteiger partial charge in [-0.15, -0.1) is 11.8 Å². The Hall–Kier alpha value is -1.09. The molecule has 0 bridgehead atoms. The van der Waals surface area contributed by atoms with Gasteiger partial charge in [0.25, 0.3) is 0 Å². The Morgan fingerprint density at radius 1 is 1.18 bits per heavy atom. The number of benzene rings is 1. The highest BCUT2D eigenvalue weighted by atomic mass is 32.2. The number of hydrogen-bond acceptors (Lipinski definition) is 3. The zero-order chi connectivity index (χ0) is 16.7. The minimum absolute atomic E-state index is 0.142. The Bertz CT molecular complexity index is 632. The lowest BCUT2D eigenvalue weighted by molar-refractivity contribution is -0.128. The largest absolute Gasteiger partial charge is 0.446 e. The number of alkyl halides is 6. The second kappa shape index (κ2) is 5.84. The third-order valence-corrected chi connectivity index (χ3v) is 4.86. The van der Waals surface area contributed by atoms with Crippen molar-refractivity contribution in [2.24, 2.45) is 0 Å². The van der Waals surface area contributed by atoms with Crippen molar-refractivity contribution in [3.63, 3.8) is 0 Å². The number of rotatable bonds is 2. The molecule has 1 aromatic rings. The molecule has 0 spiro atoms. The van der Waals surface area contributed by atoms with E-state index in [1.165, 1.54) is 6.07 Å². The van der Waals surface area contributed by atoms with Crippen LogP contribution in [0.5, 0.6) is 0 Å². The van der Waals surface area contributed by atoms with E-state index in [-0.39, 0.29) is 27.1 Å². The van der Waals surface area contributed by atoms with Crippen molar-refractivity contribution in [2.45, 2.75) is 33.6 Å². The summed E-state index contributed by atoms with van der Waals surface area (Å²) in [6, 6.07) is 3.46. The second-order valence-electron chi connectivity index (χ2n) is 4.44. The van der Waals surface area contributed by atoms with Crippen LogP contribution in [-0.2, 0) is 4.79 Å². The third kappa shape index (κ3) is 4.01. The number of halogens is 6. The van der Waals surface area contributed by atoms with Gasteiger partial charge in [-0.05, 0) is 48.5 Å². The Morgan fingerprint density at radius 3 is 2.32 bits per heavy atom. The molecule has 22 heavy (non-hydrogen) atoms. The van der Waals surface area contributed by atoms with Crippen molar-refractivity contribution >= 4 is 35.4 Å². The molecule has 1 aliphatic heterocycles. The molecule has 9 heteroatoms. The van der Waals surface area contributed by atoms with E-state index in [4.69, 9.17) is 0 Å². The maximum Gasteiger partial charge on any atom is 0.446 e. The first kappa shape index (κ1) is 17.3. The van der Waals surface area contributed by atoms with Gasteiger partial charge in [-0.2, -0.15) is 26.3 Å². The number of carbonyl (C=O) groups excluding carboxylic acids is 1. The Morgan fingerprint density at radius 2 is 1.82 bits per heavy atom. The van der Waals surface area contributed by atoms with Crippen LogP contribution in [0.4, 0.5) is 26.3 Å². The number of hydrogen-bond donors (Lipinski definition) is 0. The maximum absolute atomic E-state index is 13.0. The third-order valence-electron chi connectivity index (χ3n) is 2.76. The smallest absolute Gasteiger partial charge is 0.295 e. The molecule has 1 unspecified atom stereocenters. The van der Waals surface area contributed by atoms with Gasteiger partial charge < -0.3 is 0 Å². The molecule has 1 nitrogen and oxygen atoms in total. The molecule has 0 fully saturated rings. The van der Waals surface area contributed by atoms with Crippen LogP contribution in [-0.4, -0.2) is 22.7 Å². The van der Waals surface area contributed by atoms with Crippen molar-refractivity contribution in [3.8, 4) is 0 Å². The molecule has 0 aromatic heterocycles. The van der Waals surface area contributed by atoms with Gasteiger partial charge in [0.15, 0.2) is 5.78 Å². The average molecular weight is 358 g/mol. The summed E-state index contributed by atoms with van der Waals surface area (Å²) >= 11 is 0.0663. The monoisotopic (exact) mass is 358 g/mol. The van der Waals surface area contributed by atoms with Crippen LogP contribution < -0.4 is 0 Å². The Kier molecular flexibility index (Phi) is 4.59. The molecule has 2 rings (SSSR count). The predicted octanol–water partition coefficient (Wildman–Crippen LogP) is 5.31. The summed E-state index contributed by atoms with van der Waals surface area (Å²) in [4.78, 5) is 11.5. The highest BCUT2D eigenvalue weighted by molar-refractivity contribution is 8.00. The van der Waals surface area contributed by atoms with Crippen LogP contribution in [0.25, 0.3) is 6.08 Å². The molecule has 0 N–H and O–H groups in total. The molecule has 0 amide bonds. The molecule has 0 radical (unpaired) electrons. The fraction of sp³-hybridized carbons (Fsp3) is 0.308. The van der Waals surface area contributed by atoms with Crippen molar-refractivity contribution in [1.82, 2.24) is 0 Å². The summed E-state index contributed by atoms with van der Waals surface area (Å²) in [5.41, 5.74) is -4.76. The molecule has 1 atom stereocenters. The molecular formula is C13H8F6OS2. The van der Waals surface area contributed by atoms with E-state index in [0.29, 0.717) is 11.8 Å². The molecule has 0 aliphatic carbocycles. The summed E-state index contributed by atoms with van der Waals surface area (Å²) in [5, 5.41) is -2.00. The van der Waals surface area contributed by atoms with E-state index in [9.17, 15) is 31.1 Å². The van der Waals surface area contributed by atoms with Gasteiger partial charge >= 0.3 is 11.7 Å². The molecular weight excluding hydrogens is 350 g/mol. The summed E-state index contributed by atoms with van der Waals surface area (Å²) in [6.45, 7) is 1.00. The van der Waals surface area contributed by atoms with E-state index in [1.54, 1.807) is 0 Å². The first-order valence-corrected chi connectivity index (χ1v) is 7.52. The number of carbonyl (C=O) groups is 1. The topological polar surface area (TPSA) is 17.1 Å². The van der Waals surface area contributed by atoms with Crippen LogP contribution in [0, 0.1) is 0 Å². The van der Waals surface area contributed by atoms with Crippen LogP contribution >= 0.6 is 23.5 Å². The number of fused-ring (bicyclic) bond motifs is 1. The maximum atomic E-state index is 13.0. The average Bonchev–Trinajstić information content (AvgIpc) is 2.33.